The summed E-state index contributed by atoms with van der Waals surface area (Å²) in [5.41, 5.74) is -0.0246. The third-order valence-electron chi connectivity index (χ3n) is 9.60. The molecule has 5 aromatic rings. The monoisotopic (exact) mass is 692 g/mol. The molecule has 250 valence electrons. The number of rotatable bonds is 9. The smallest absolute Gasteiger partial charge is 0.314 e. The first-order valence-electron chi connectivity index (χ1n) is 15.5. The fraction of sp³-hybridized carbons (Fsp3) is 0.343. The molecule has 0 radical (unpaired) electrons. The van der Waals surface area contributed by atoms with Crippen molar-refractivity contribution in [1.29, 1.82) is 0 Å². The van der Waals surface area contributed by atoms with Gasteiger partial charge in [0.05, 0.1) is 25.6 Å². The summed E-state index contributed by atoms with van der Waals surface area (Å²) in [5.74, 6) is -0.782. The topological polar surface area (TPSA) is 120 Å². The molecule has 1 aliphatic heterocycles. The standard InChI is InChI=1S/C18H22ClN3O3.C17H13ClFN3O/c1-17(16(23)25-2)8-7-14(9-13-3-5-15(19)6-4-13)18(17,24)10-22-12-20-11-21-22;18-15-4-2-1-3-14(15)16-17(23-16,9-22-11-20-10-21-22)12-5-7-13(19)8-6-12/h3-6,11-12,14,24H,7-10H2,1-2H3;1-8,10-11,16H,9H2. The molecule has 3 heterocycles. The first-order valence-corrected chi connectivity index (χ1v) is 16.2. The van der Waals surface area contributed by atoms with Crippen LogP contribution in [0.3, 0.4) is 0 Å². The van der Waals surface area contributed by atoms with Gasteiger partial charge in [-0.3, -0.25) is 9.48 Å². The fourth-order valence-electron chi connectivity index (χ4n) is 6.81. The number of ether oxygens (including phenoxy) is 2. The van der Waals surface area contributed by atoms with E-state index in [0.717, 1.165) is 23.1 Å². The van der Waals surface area contributed by atoms with Crippen LogP contribution in [0.4, 0.5) is 4.39 Å². The molecule has 3 aromatic carbocycles. The quantitative estimate of drug-likeness (QED) is 0.143. The van der Waals surface area contributed by atoms with Crippen molar-refractivity contribution in [3.05, 3.63) is 131 Å². The highest BCUT2D eigenvalue weighted by atomic mass is 35.5. The normalized spacial score (nSPS) is 26.0. The van der Waals surface area contributed by atoms with E-state index in [0.29, 0.717) is 29.4 Å². The van der Waals surface area contributed by atoms with E-state index in [1.54, 1.807) is 41.1 Å². The Morgan fingerprint density at radius 3 is 2.23 bits per heavy atom. The molecule has 7 rings (SSSR count). The molecule has 5 atom stereocenters. The van der Waals surface area contributed by atoms with Gasteiger partial charge in [-0.25, -0.2) is 19.0 Å². The lowest BCUT2D eigenvalue weighted by molar-refractivity contribution is -0.173. The summed E-state index contributed by atoms with van der Waals surface area (Å²) in [6.07, 6.45) is 7.81. The number of esters is 1. The maximum Gasteiger partial charge on any atom is 0.314 e. The van der Waals surface area contributed by atoms with Crippen LogP contribution >= 0.6 is 23.2 Å². The predicted molar refractivity (Wildman–Crippen MR) is 176 cm³/mol. The average Bonchev–Trinajstić information content (AvgIpc) is 3.43. The van der Waals surface area contributed by atoms with E-state index >= 15 is 0 Å². The minimum atomic E-state index is -1.28. The van der Waals surface area contributed by atoms with E-state index in [9.17, 15) is 14.3 Å². The number of carbonyl (C=O) groups excluding carboxylic acids is 1. The van der Waals surface area contributed by atoms with E-state index in [4.69, 9.17) is 32.7 Å². The third-order valence-corrected chi connectivity index (χ3v) is 10.2. The summed E-state index contributed by atoms with van der Waals surface area (Å²) in [4.78, 5) is 20.4. The van der Waals surface area contributed by atoms with E-state index < -0.39 is 22.6 Å². The first-order chi connectivity index (χ1) is 23.1. The van der Waals surface area contributed by atoms with Gasteiger partial charge in [-0.15, -0.1) is 0 Å². The minimum Gasteiger partial charge on any atom is -0.469 e. The van der Waals surface area contributed by atoms with Crippen LogP contribution in [0.15, 0.2) is 98.1 Å². The van der Waals surface area contributed by atoms with Crippen LogP contribution < -0.4 is 0 Å². The Kier molecular flexibility index (Phi) is 9.67. The van der Waals surface area contributed by atoms with Gasteiger partial charge >= 0.3 is 5.97 Å². The number of carbonyl (C=O) groups is 1. The van der Waals surface area contributed by atoms with Crippen molar-refractivity contribution in [3.63, 3.8) is 0 Å². The Balaban J connectivity index is 0.000000168. The van der Waals surface area contributed by atoms with Gasteiger partial charge in [0.2, 0.25) is 0 Å². The van der Waals surface area contributed by atoms with Crippen LogP contribution in [-0.4, -0.2) is 53.3 Å². The van der Waals surface area contributed by atoms with Gasteiger partial charge in [0.25, 0.3) is 0 Å². The van der Waals surface area contributed by atoms with Gasteiger partial charge in [-0.1, -0.05) is 65.7 Å². The lowest BCUT2D eigenvalue weighted by Crippen LogP contribution is -2.54. The Labute approximate surface area is 287 Å². The number of epoxide rings is 1. The molecule has 1 aliphatic carbocycles. The third kappa shape index (κ3) is 6.60. The second kappa shape index (κ2) is 13.8. The van der Waals surface area contributed by atoms with Crippen molar-refractivity contribution in [1.82, 2.24) is 29.5 Å². The molecular formula is C35H35Cl2FN6O4. The highest BCUT2D eigenvalue weighted by Gasteiger charge is 2.62. The zero-order valence-corrected chi connectivity index (χ0v) is 27.9. The lowest BCUT2D eigenvalue weighted by atomic mass is 9.71. The predicted octanol–water partition coefficient (Wildman–Crippen LogP) is 6.23. The fourth-order valence-corrected chi connectivity index (χ4v) is 7.17. The molecule has 5 unspecified atom stereocenters. The van der Waals surface area contributed by atoms with Crippen molar-refractivity contribution in [2.75, 3.05) is 7.11 Å². The number of benzene rings is 3. The summed E-state index contributed by atoms with van der Waals surface area (Å²) in [6.45, 7) is 2.45. The van der Waals surface area contributed by atoms with Crippen LogP contribution in [0.25, 0.3) is 0 Å². The molecule has 48 heavy (non-hydrogen) atoms. The number of aliphatic hydroxyl groups is 1. The van der Waals surface area contributed by atoms with Gasteiger partial charge in [0.15, 0.2) is 0 Å². The van der Waals surface area contributed by atoms with Crippen LogP contribution in [0.5, 0.6) is 0 Å². The van der Waals surface area contributed by atoms with Crippen molar-refractivity contribution >= 4 is 29.2 Å². The second-order valence-electron chi connectivity index (χ2n) is 12.4. The molecule has 0 spiro atoms. The highest BCUT2D eigenvalue weighted by Crippen LogP contribution is 2.59. The number of halogens is 3. The van der Waals surface area contributed by atoms with Crippen molar-refractivity contribution in [2.24, 2.45) is 11.3 Å². The molecule has 1 saturated heterocycles. The average molecular weight is 694 g/mol. The Hall–Kier alpha value is -4.16. The van der Waals surface area contributed by atoms with Gasteiger partial charge in [-0.05, 0) is 73.6 Å². The van der Waals surface area contributed by atoms with Gasteiger partial charge < -0.3 is 14.6 Å². The summed E-state index contributed by atoms with van der Waals surface area (Å²) < 4.78 is 27.6. The number of aromatic nitrogens is 6. The van der Waals surface area contributed by atoms with Crippen molar-refractivity contribution < 1.29 is 23.8 Å². The van der Waals surface area contributed by atoms with Crippen LogP contribution in [0, 0.1) is 17.2 Å². The largest absolute Gasteiger partial charge is 0.469 e. The van der Waals surface area contributed by atoms with Crippen LogP contribution in [0.2, 0.25) is 10.0 Å². The van der Waals surface area contributed by atoms with Gasteiger partial charge in [0.1, 0.15) is 48.4 Å². The summed E-state index contributed by atoms with van der Waals surface area (Å²) in [6, 6.07) is 21.5. The Morgan fingerprint density at radius 2 is 1.62 bits per heavy atom. The number of hydrogen-bond acceptors (Lipinski definition) is 8. The Bertz CT molecular complexity index is 1830. The molecule has 13 heteroatoms. The number of hydrogen-bond donors (Lipinski definition) is 1. The molecule has 1 N–H and O–H groups in total. The lowest BCUT2D eigenvalue weighted by Gasteiger charge is -2.40. The van der Waals surface area contributed by atoms with E-state index in [1.807, 2.05) is 48.5 Å². The summed E-state index contributed by atoms with van der Waals surface area (Å²) in [5, 5.41) is 21.2. The number of nitrogens with zero attached hydrogens (tertiary/aromatic N) is 6. The van der Waals surface area contributed by atoms with Gasteiger partial charge in [-0.2, -0.15) is 10.2 Å². The maximum absolute atomic E-state index is 13.3. The van der Waals surface area contributed by atoms with Gasteiger partial charge in [0, 0.05) is 15.6 Å². The molecule has 0 bridgehead atoms. The maximum atomic E-state index is 13.3. The molecule has 2 aromatic heterocycles. The summed E-state index contributed by atoms with van der Waals surface area (Å²) in [7, 11) is 1.36. The van der Waals surface area contributed by atoms with Crippen LogP contribution in [-0.2, 0) is 39.4 Å². The molecule has 1 saturated carbocycles. The molecule has 2 aliphatic rings. The van der Waals surface area contributed by atoms with E-state index in [2.05, 4.69) is 20.2 Å². The molecule has 10 nitrogen and oxygen atoms in total. The minimum absolute atomic E-state index is 0.109. The van der Waals surface area contributed by atoms with E-state index in [-0.39, 0.29) is 24.4 Å². The number of methoxy groups -OCH3 is 1. The highest BCUT2D eigenvalue weighted by molar-refractivity contribution is 6.31. The summed E-state index contributed by atoms with van der Waals surface area (Å²) >= 11 is 12.3. The van der Waals surface area contributed by atoms with Crippen molar-refractivity contribution in [2.45, 2.75) is 56.6 Å². The Morgan fingerprint density at radius 1 is 0.979 bits per heavy atom. The van der Waals surface area contributed by atoms with E-state index in [1.165, 1.54) is 31.9 Å². The zero-order chi connectivity index (χ0) is 33.9. The van der Waals surface area contributed by atoms with Crippen molar-refractivity contribution in [3.8, 4) is 0 Å². The molecule has 2 fully saturated rings. The van der Waals surface area contributed by atoms with Crippen LogP contribution in [0.1, 0.15) is 42.6 Å². The zero-order valence-electron chi connectivity index (χ0n) is 26.4. The SMILES string of the molecule is COC(=O)C1(C)CCC(Cc2ccc(Cl)cc2)C1(O)Cn1cncn1.Fc1ccc(C2(Cn3cncn3)OC2c2ccccc2Cl)cc1. The molecule has 0 amide bonds. The second-order valence-corrected chi connectivity index (χ2v) is 13.3. The molecular weight excluding hydrogens is 658 g/mol. The first kappa shape index (κ1) is 33.7.